The van der Waals surface area contributed by atoms with Crippen molar-refractivity contribution in [2.75, 3.05) is 19.8 Å². The fourth-order valence-corrected chi connectivity index (χ4v) is 8.09. The summed E-state index contributed by atoms with van der Waals surface area (Å²) >= 11 is 0. The number of hydrogen-bond donors (Lipinski definition) is 0. The summed E-state index contributed by atoms with van der Waals surface area (Å²) in [5.41, 5.74) is 5.74. The lowest BCUT2D eigenvalue weighted by atomic mass is 9.65. The van der Waals surface area contributed by atoms with E-state index in [1.54, 1.807) is 6.07 Å². The Morgan fingerprint density at radius 3 is 2.47 bits per heavy atom. The van der Waals surface area contributed by atoms with E-state index in [-0.39, 0.29) is 42.1 Å². The molecule has 0 N–H and O–H groups in total. The highest BCUT2D eigenvalue weighted by Gasteiger charge is 2.51. The molecule has 10 heteroatoms. The van der Waals surface area contributed by atoms with E-state index in [1.807, 2.05) is 62.8 Å². The van der Waals surface area contributed by atoms with Gasteiger partial charge in [0.25, 0.3) is 0 Å². The molecule has 274 valence electrons. The lowest BCUT2D eigenvalue weighted by molar-refractivity contribution is -0.192. The van der Waals surface area contributed by atoms with Crippen LogP contribution in [0, 0.1) is 30.5 Å². The van der Waals surface area contributed by atoms with E-state index < -0.39 is 5.60 Å². The van der Waals surface area contributed by atoms with E-state index in [2.05, 4.69) is 12.0 Å². The van der Waals surface area contributed by atoms with Gasteiger partial charge in [-0.25, -0.2) is 9.07 Å². The molecule has 3 aromatic carbocycles. The second kappa shape index (κ2) is 13.0. The van der Waals surface area contributed by atoms with Crippen molar-refractivity contribution < 1.29 is 28.1 Å². The zero-order valence-electron chi connectivity index (χ0n) is 30.8. The smallest absolute Gasteiger partial charge is 0.320 e. The van der Waals surface area contributed by atoms with E-state index in [4.69, 9.17) is 45.2 Å². The summed E-state index contributed by atoms with van der Waals surface area (Å²) in [4.78, 5) is 10.00. The highest BCUT2D eigenvalue weighted by Crippen LogP contribution is 2.54. The molecule has 0 bridgehead atoms. The number of benzene rings is 3. The minimum atomic E-state index is -0.554. The Labute approximate surface area is 309 Å². The van der Waals surface area contributed by atoms with Gasteiger partial charge in [-0.15, -0.1) is 6.42 Å². The predicted octanol–water partition coefficient (Wildman–Crippen LogP) is 8.97. The molecule has 1 unspecified atom stereocenters. The normalized spacial score (nSPS) is 19.9. The SMILES string of the molecule is C#Cc1ccc(COc2c(-c3c(C)c(F)cc4c3cnn4C3CCCCO3)c(C3CC3)cc3c(OC(C)(C)C)nc(OC4CC5(COC5)C4)nc23)cc1. The first-order valence-electron chi connectivity index (χ1n) is 18.9. The van der Waals surface area contributed by atoms with Crippen molar-refractivity contribution in [2.24, 2.45) is 5.41 Å². The van der Waals surface area contributed by atoms with E-state index in [0.717, 1.165) is 96.7 Å². The van der Waals surface area contributed by atoms with Crippen molar-refractivity contribution in [2.45, 2.75) is 103 Å². The molecule has 2 aliphatic carbocycles. The number of fused-ring (bicyclic) bond motifs is 2. The molecule has 2 saturated carbocycles. The number of nitrogens with zero attached hydrogens (tertiary/aromatic N) is 4. The summed E-state index contributed by atoms with van der Waals surface area (Å²) in [6, 6.07) is 11.7. The number of hydrogen-bond acceptors (Lipinski definition) is 8. The Hall–Kier alpha value is -4.72. The molecule has 4 fully saturated rings. The molecule has 1 atom stereocenters. The number of terminal acetylenes is 1. The molecule has 5 aromatic rings. The molecule has 2 saturated heterocycles. The van der Waals surface area contributed by atoms with Gasteiger partial charge in [-0.2, -0.15) is 15.1 Å². The summed E-state index contributed by atoms with van der Waals surface area (Å²) in [7, 11) is 0. The molecule has 4 aliphatic rings. The average Bonchev–Trinajstić information content (AvgIpc) is 3.87. The first-order valence-corrected chi connectivity index (χ1v) is 18.9. The van der Waals surface area contributed by atoms with Crippen LogP contribution < -0.4 is 14.2 Å². The zero-order valence-corrected chi connectivity index (χ0v) is 30.8. The molecular formula is C43H45FN4O5. The van der Waals surface area contributed by atoms with Gasteiger partial charge in [0.1, 0.15) is 29.6 Å². The van der Waals surface area contributed by atoms with Crippen molar-refractivity contribution in [3.8, 4) is 41.1 Å². The topological polar surface area (TPSA) is 89.8 Å². The summed E-state index contributed by atoms with van der Waals surface area (Å²) in [6.07, 6.45) is 13.9. The van der Waals surface area contributed by atoms with E-state index in [1.165, 1.54) is 0 Å². The second-order valence-corrected chi connectivity index (χ2v) is 16.3. The van der Waals surface area contributed by atoms with E-state index in [0.29, 0.717) is 34.8 Å². The quantitative estimate of drug-likeness (QED) is 0.140. The highest BCUT2D eigenvalue weighted by atomic mass is 19.1. The van der Waals surface area contributed by atoms with Gasteiger partial charge in [0, 0.05) is 40.2 Å². The third kappa shape index (κ3) is 6.38. The van der Waals surface area contributed by atoms with Crippen LogP contribution in [0.25, 0.3) is 32.9 Å². The zero-order chi connectivity index (χ0) is 36.5. The maximum atomic E-state index is 16.3. The van der Waals surface area contributed by atoms with Crippen LogP contribution in [-0.2, 0) is 16.1 Å². The minimum absolute atomic E-state index is 0.0268. The van der Waals surface area contributed by atoms with Crippen LogP contribution in [0.1, 0.15) is 100 Å². The highest BCUT2D eigenvalue weighted by molar-refractivity contribution is 6.05. The first-order chi connectivity index (χ1) is 25.6. The van der Waals surface area contributed by atoms with Gasteiger partial charge >= 0.3 is 6.01 Å². The van der Waals surface area contributed by atoms with Crippen LogP contribution in [-0.4, -0.2) is 51.3 Å². The summed E-state index contributed by atoms with van der Waals surface area (Å²) < 4.78 is 49.8. The van der Waals surface area contributed by atoms with Crippen molar-refractivity contribution in [3.63, 3.8) is 0 Å². The predicted molar refractivity (Wildman–Crippen MR) is 200 cm³/mol. The molecule has 9 nitrogen and oxygen atoms in total. The van der Waals surface area contributed by atoms with Gasteiger partial charge in [-0.1, -0.05) is 18.1 Å². The maximum Gasteiger partial charge on any atom is 0.320 e. The minimum Gasteiger partial charge on any atom is -0.486 e. The number of aromatic nitrogens is 4. The molecule has 2 aromatic heterocycles. The van der Waals surface area contributed by atoms with Gasteiger partial charge in [0.05, 0.1) is 30.3 Å². The Balaban J connectivity index is 1.27. The monoisotopic (exact) mass is 716 g/mol. The third-order valence-corrected chi connectivity index (χ3v) is 11.0. The summed E-state index contributed by atoms with van der Waals surface area (Å²) in [5.74, 6) is 3.58. The Morgan fingerprint density at radius 1 is 1.02 bits per heavy atom. The fourth-order valence-electron chi connectivity index (χ4n) is 8.09. The lowest BCUT2D eigenvalue weighted by Gasteiger charge is -2.52. The van der Waals surface area contributed by atoms with Gasteiger partial charge < -0.3 is 23.7 Å². The summed E-state index contributed by atoms with van der Waals surface area (Å²) in [6.45, 7) is 10.3. The standard InChI is InChI=1S/C43H45FN4O5/c1-6-26-10-12-27(13-11-26)22-51-39-37(36-25(2)33(44)18-34-32(36)21-45-48(34)35-9-7-8-16-50-35)30(28-14-15-28)17-31-38(39)46-41(47-40(31)53-42(3,4)5)52-29-19-43(20-29)23-49-24-43/h1,10-13,17-18,21,28-29,35H,7-9,14-16,19-20,22-24H2,2-5H3. The number of rotatable bonds is 9. The van der Waals surface area contributed by atoms with Crippen LogP contribution >= 0.6 is 0 Å². The van der Waals surface area contributed by atoms with Crippen LogP contribution in [0.3, 0.4) is 0 Å². The Kier molecular flexibility index (Phi) is 8.35. The van der Waals surface area contributed by atoms with Crippen LogP contribution in [0.5, 0.6) is 17.6 Å². The number of ether oxygens (including phenoxy) is 5. The summed E-state index contributed by atoms with van der Waals surface area (Å²) in [5, 5.41) is 6.37. The fraction of sp³-hybridized carbons (Fsp3) is 0.465. The molecule has 0 amide bonds. The molecule has 9 rings (SSSR count). The molecule has 1 spiro atoms. The van der Waals surface area contributed by atoms with Gasteiger partial charge in [0.15, 0.2) is 12.0 Å². The van der Waals surface area contributed by atoms with Crippen molar-refractivity contribution in [3.05, 3.63) is 70.7 Å². The van der Waals surface area contributed by atoms with Crippen molar-refractivity contribution >= 4 is 21.8 Å². The third-order valence-electron chi connectivity index (χ3n) is 11.0. The van der Waals surface area contributed by atoms with E-state index >= 15 is 4.39 Å². The Bertz CT molecular complexity index is 2250. The molecule has 4 heterocycles. The Morgan fingerprint density at radius 2 is 1.81 bits per heavy atom. The van der Waals surface area contributed by atoms with Gasteiger partial charge in [-0.05, 0) is 113 Å². The van der Waals surface area contributed by atoms with Gasteiger partial charge in [0.2, 0.25) is 5.88 Å². The van der Waals surface area contributed by atoms with E-state index in [9.17, 15) is 0 Å². The van der Waals surface area contributed by atoms with Crippen molar-refractivity contribution in [1.29, 1.82) is 0 Å². The first kappa shape index (κ1) is 34.1. The second-order valence-electron chi connectivity index (χ2n) is 16.3. The lowest BCUT2D eigenvalue weighted by Crippen LogP contribution is -2.56. The molecule has 2 aliphatic heterocycles. The van der Waals surface area contributed by atoms with Crippen LogP contribution in [0.4, 0.5) is 4.39 Å². The van der Waals surface area contributed by atoms with Crippen molar-refractivity contribution in [1.82, 2.24) is 19.7 Å². The molecule has 53 heavy (non-hydrogen) atoms. The largest absolute Gasteiger partial charge is 0.486 e. The van der Waals surface area contributed by atoms with Crippen LogP contribution in [0.15, 0.2) is 42.6 Å². The average molecular weight is 717 g/mol. The van der Waals surface area contributed by atoms with Gasteiger partial charge in [-0.3, -0.25) is 0 Å². The maximum absolute atomic E-state index is 16.3. The molecular weight excluding hydrogens is 671 g/mol. The molecule has 0 radical (unpaired) electrons. The van der Waals surface area contributed by atoms with Crippen LogP contribution in [0.2, 0.25) is 0 Å². The number of halogens is 1.